The van der Waals surface area contributed by atoms with Crippen LogP contribution in [0.1, 0.15) is 39.0 Å². The Morgan fingerprint density at radius 2 is 2.18 bits per heavy atom. The van der Waals surface area contributed by atoms with Crippen LogP contribution in [-0.4, -0.2) is 24.2 Å². The van der Waals surface area contributed by atoms with Crippen LogP contribution in [-0.2, 0) is 6.42 Å². The van der Waals surface area contributed by atoms with E-state index in [0.717, 1.165) is 13.0 Å². The molecular formula is C16H20ClN3O2. The van der Waals surface area contributed by atoms with Crippen molar-refractivity contribution in [1.82, 2.24) is 15.8 Å². The van der Waals surface area contributed by atoms with Crippen molar-refractivity contribution in [3.8, 4) is 0 Å². The van der Waals surface area contributed by atoms with Gasteiger partial charge in [0, 0.05) is 12.6 Å². The number of halogens is 1. The van der Waals surface area contributed by atoms with Gasteiger partial charge in [-0.15, -0.1) is 12.4 Å². The van der Waals surface area contributed by atoms with E-state index in [1.54, 1.807) is 13.8 Å². The van der Waals surface area contributed by atoms with Crippen LogP contribution in [0, 0.1) is 13.8 Å². The summed E-state index contributed by atoms with van der Waals surface area (Å²) in [7, 11) is 0. The molecule has 0 saturated carbocycles. The fraction of sp³-hybridized carbons (Fsp3) is 0.375. The first kappa shape index (κ1) is 16.5. The lowest BCUT2D eigenvalue weighted by Gasteiger charge is -2.27. The molecule has 1 aliphatic heterocycles. The number of amides is 1. The predicted octanol–water partition coefficient (Wildman–Crippen LogP) is 2.33. The van der Waals surface area contributed by atoms with Crippen molar-refractivity contribution in [3.05, 3.63) is 52.4 Å². The first-order valence-electron chi connectivity index (χ1n) is 7.19. The molecule has 1 atom stereocenters. The van der Waals surface area contributed by atoms with Gasteiger partial charge >= 0.3 is 0 Å². The molecule has 0 saturated heterocycles. The van der Waals surface area contributed by atoms with Crippen LogP contribution in [0.4, 0.5) is 0 Å². The number of rotatable bonds is 3. The van der Waals surface area contributed by atoms with Crippen molar-refractivity contribution in [2.24, 2.45) is 0 Å². The summed E-state index contributed by atoms with van der Waals surface area (Å²) in [6.07, 6.45) is 1.03. The third kappa shape index (κ3) is 3.15. The molecule has 1 aliphatic rings. The van der Waals surface area contributed by atoms with E-state index in [9.17, 15) is 4.79 Å². The van der Waals surface area contributed by atoms with E-state index in [1.165, 1.54) is 11.1 Å². The molecule has 6 heteroatoms. The number of benzene rings is 1. The predicted molar refractivity (Wildman–Crippen MR) is 86.4 cm³/mol. The molecule has 1 aromatic heterocycles. The van der Waals surface area contributed by atoms with Gasteiger partial charge in [-0.2, -0.15) is 0 Å². The number of carbonyl (C=O) groups is 1. The Hall–Kier alpha value is -1.85. The van der Waals surface area contributed by atoms with Gasteiger partial charge < -0.3 is 15.2 Å². The van der Waals surface area contributed by atoms with Gasteiger partial charge in [-0.1, -0.05) is 29.4 Å². The SMILES string of the molecule is Cc1noc(C)c1C(=O)NCC1NCCc2ccccc21.Cl. The lowest BCUT2D eigenvalue weighted by Crippen LogP contribution is -2.39. The molecule has 0 spiro atoms. The summed E-state index contributed by atoms with van der Waals surface area (Å²) in [6, 6.07) is 8.52. The third-order valence-electron chi connectivity index (χ3n) is 3.94. The average Bonchev–Trinajstić information content (AvgIpc) is 2.84. The highest BCUT2D eigenvalue weighted by atomic mass is 35.5. The van der Waals surface area contributed by atoms with Crippen molar-refractivity contribution >= 4 is 18.3 Å². The maximum Gasteiger partial charge on any atom is 0.256 e. The highest BCUT2D eigenvalue weighted by Crippen LogP contribution is 2.22. The van der Waals surface area contributed by atoms with Gasteiger partial charge in [0.15, 0.2) is 0 Å². The first-order chi connectivity index (χ1) is 10.2. The Balaban J connectivity index is 0.00000176. The molecule has 0 bridgehead atoms. The van der Waals surface area contributed by atoms with Gasteiger partial charge in [0.2, 0.25) is 0 Å². The van der Waals surface area contributed by atoms with Crippen molar-refractivity contribution in [2.45, 2.75) is 26.3 Å². The van der Waals surface area contributed by atoms with E-state index < -0.39 is 0 Å². The third-order valence-corrected chi connectivity index (χ3v) is 3.94. The summed E-state index contributed by atoms with van der Waals surface area (Å²) < 4.78 is 5.04. The fourth-order valence-corrected chi connectivity index (χ4v) is 2.87. The molecule has 0 fully saturated rings. The van der Waals surface area contributed by atoms with Gasteiger partial charge in [-0.05, 0) is 37.9 Å². The average molecular weight is 322 g/mol. The number of nitrogens with zero attached hydrogens (tertiary/aromatic N) is 1. The Labute approximate surface area is 135 Å². The van der Waals surface area contributed by atoms with Gasteiger partial charge in [0.05, 0.1) is 5.69 Å². The summed E-state index contributed by atoms with van der Waals surface area (Å²) in [5.74, 6) is 0.429. The topological polar surface area (TPSA) is 67.2 Å². The lowest BCUT2D eigenvalue weighted by atomic mass is 9.94. The monoisotopic (exact) mass is 321 g/mol. The number of hydrogen-bond acceptors (Lipinski definition) is 4. The summed E-state index contributed by atoms with van der Waals surface area (Å²) in [6.45, 7) is 5.02. The molecule has 2 N–H and O–H groups in total. The standard InChI is InChI=1S/C16H19N3O2.ClH/c1-10-15(11(2)21-19-10)16(20)18-9-14-13-6-4-3-5-12(13)7-8-17-14;/h3-6,14,17H,7-9H2,1-2H3,(H,18,20);1H. The largest absolute Gasteiger partial charge is 0.361 e. The van der Waals surface area contributed by atoms with Crippen molar-refractivity contribution in [3.63, 3.8) is 0 Å². The molecule has 0 radical (unpaired) electrons. The molecule has 1 aromatic carbocycles. The normalized spacial score (nSPS) is 16.5. The van der Waals surface area contributed by atoms with E-state index in [1.807, 2.05) is 6.07 Å². The van der Waals surface area contributed by atoms with Crippen LogP contribution in [0.2, 0.25) is 0 Å². The number of carbonyl (C=O) groups excluding carboxylic acids is 1. The van der Waals surface area contributed by atoms with Crippen LogP contribution in [0.15, 0.2) is 28.8 Å². The second-order valence-electron chi connectivity index (χ2n) is 5.36. The zero-order valence-corrected chi connectivity index (χ0v) is 13.5. The summed E-state index contributed by atoms with van der Waals surface area (Å²) >= 11 is 0. The summed E-state index contributed by atoms with van der Waals surface area (Å²) in [5.41, 5.74) is 3.79. The van der Waals surface area contributed by atoms with E-state index in [2.05, 4.69) is 34.0 Å². The van der Waals surface area contributed by atoms with Crippen LogP contribution in [0.25, 0.3) is 0 Å². The first-order valence-corrected chi connectivity index (χ1v) is 7.19. The molecule has 1 unspecified atom stereocenters. The minimum atomic E-state index is -0.129. The molecule has 5 nitrogen and oxygen atoms in total. The maximum absolute atomic E-state index is 12.3. The van der Waals surface area contributed by atoms with E-state index in [0.29, 0.717) is 23.6 Å². The van der Waals surface area contributed by atoms with Crippen molar-refractivity contribution in [1.29, 1.82) is 0 Å². The highest BCUT2D eigenvalue weighted by molar-refractivity contribution is 5.96. The Bertz CT molecular complexity index is 650. The minimum absolute atomic E-state index is 0. The van der Waals surface area contributed by atoms with E-state index >= 15 is 0 Å². The van der Waals surface area contributed by atoms with Crippen LogP contribution < -0.4 is 10.6 Å². The van der Waals surface area contributed by atoms with Gasteiger partial charge in [0.1, 0.15) is 11.3 Å². The van der Waals surface area contributed by atoms with E-state index in [-0.39, 0.29) is 24.4 Å². The molecule has 118 valence electrons. The number of aryl methyl sites for hydroxylation is 2. The number of nitrogens with one attached hydrogen (secondary N) is 2. The van der Waals surface area contributed by atoms with E-state index in [4.69, 9.17) is 4.52 Å². The van der Waals surface area contributed by atoms with Crippen LogP contribution in [0.5, 0.6) is 0 Å². The zero-order valence-electron chi connectivity index (χ0n) is 12.7. The minimum Gasteiger partial charge on any atom is -0.361 e. The fourth-order valence-electron chi connectivity index (χ4n) is 2.87. The van der Waals surface area contributed by atoms with Gasteiger partial charge in [-0.25, -0.2) is 0 Å². The second-order valence-corrected chi connectivity index (χ2v) is 5.36. The number of fused-ring (bicyclic) bond motifs is 1. The maximum atomic E-state index is 12.3. The molecule has 22 heavy (non-hydrogen) atoms. The molecule has 0 aliphatic carbocycles. The Morgan fingerprint density at radius 3 is 2.91 bits per heavy atom. The lowest BCUT2D eigenvalue weighted by molar-refractivity contribution is 0.0947. The van der Waals surface area contributed by atoms with Crippen molar-refractivity contribution in [2.75, 3.05) is 13.1 Å². The summed E-state index contributed by atoms with van der Waals surface area (Å²) in [4.78, 5) is 12.3. The Kier molecular flexibility index (Phi) is 5.21. The molecule has 2 heterocycles. The molecule has 2 aromatic rings. The number of hydrogen-bond donors (Lipinski definition) is 2. The smallest absolute Gasteiger partial charge is 0.256 e. The molecule has 1 amide bonds. The van der Waals surface area contributed by atoms with Gasteiger partial charge in [-0.3, -0.25) is 4.79 Å². The zero-order chi connectivity index (χ0) is 14.8. The molecular weight excluding hydrogens is 302 g/mol. The quantitative estimate of drug-likeness (QED) is 0.910. The second kappa shape index (κ2) is 6.94. The Morgan fingerprint density at radius 1 is 1.41 bits per heavy atom. The van der Waals surface area contributed by atoms with Crippen LogP contribution in [0.3, 0.4) is 0 Å². The van der Waals surface area contributed by atoms with Gasteiger partial charge in [0.25, 0.3) is 5.91 Å². The number of aromatic nitrogens is 1. The molecule has 3 rings (SSSR count). The van der Waals surface area contributed by atoms with Crippen LogP contribution >= 0.6 is 12.4 Å². The highest BCUT2D eigenvalue weighted by Gasteiger charge is 2.22. The van der Waals surface area contributed by atoms with Crippen molar-refractivity contribution < 1.29 is 9.32 Å². The summed E-state index contributed by atoms with van der Waals surface area (Å²) in [5, 5.41) is 10.2.